The van der Waals surface area contributed by atoms with E-state index in [9.17, 15) is 24.3 Å². The van der Waals surface area contributed by atoms with E-state index in [1.165, 1.54) is 0 Å². The molecule has 0 fully saturated rings. The number of hydrogen-bond donors (Lipinski definition) is 5. The SMILES string of the molecule is CCC(C)C(N)C(=O)NC(C(=O)NC(CCC(=O)O)C(=O)O)C(C)CC. The lowest BCUT2D eigenvalue weighted by molar-refractivity contribution is -0.143. The van der Waals surface area contributed by atoms with Crippen LogP contribution in [-0.2, 0) is 19.2 Å². The number of carboxylic acids is 2. The Bertz CT molecular complexity index is 511. The Balaban J connectivity index is 5.15. The van der Waals surface area contributed by atoms with Crippen LogP contribution in [0.2, 0.25) is 0 Å². The Morgan fingerprint density at radius 1 is 0.923 bits per heavy atom. The molecule has 5 unspecified atom stereocenters. The zero-order valence-electron chi connectivity index (χ0n) is 15.8. The lowest BCUT2D eigenvalue weighted by atomic mass is 9.95. The van der Waals surface area contributed by atoms with Crippen LogP contribution in [0.15, 0.2) is 0 Å². The van der Waals surface area contributed by atoms with Gasteiger partial charge in [-0.1, -0.05) is 40.5 Å². The van der Waals surface area contributed by atoms with Gasteiger partial charge in [-0.05, 0) is 18.3 Å². The molecule has 0 saturated carbocycles. The van der Waals surface area contributed by atoms with Gasteiger partial charge in [-0.3, -0.25) is 14.4 Å². The second-order valence-electron chi connectivity index (χ2n) is 6.61. The van der Waals surface area contributed by atoms with Crippen molar-refractivity contribution in [2.75, 3.05) is 0 Å². The Hall–Kier alpha value is -2.16. The van der Waals surface area contributed by atoms with E-state index in [-0.39, 0.29) is 18.3 Å². The smallest absolute Gasteiger partial charge is 0.326 e. The van der Waals surface area contributed by atoms with E-state index in [0.717, 1.165) is 0 Å². The van der Waals surface area contributed by atoms with Gasteiger partial charge in [0, 0.05) is 6.42 Å². The van der Waals surface area contributed by atoms with Crippen molar-refractivity contribution < 1.29 is 29.4 Å². The normalized spacial score (nSPS) is 16.7. The Morgan fingerprint density at radius 3 is 1.88 bits per heavy atom. The summed E-state index contributed by atoms with van der Waals surface area (Å²) < 4.78 is 0. The Morgan fingerprint density at radius 2 is 1.46 bits per heavy atom. The standard InChI is InChI=1S/C17H31N3O6/c1-5-9(3)13(18)15(23)20-14(10(4)6-2)16(24)19-11(17(25)26)7-8-12(21)22/h9-11,13-14H,5-8,18H2,1-4H3,(H,19,24)(H,20,23)(H,21,22)(H,25,26). The minimum atomic E-state index is -1.34. The van der Waals surface area contributed by atoms with Crippen LogP contribution in [-0.4, -0.2) is 52.1 Å². The molecule has 0 aliphatic rings. The summed E-state index contributed by atoms with van der Waals surface area (Å²) in [6.07, 6.45) is 0.634. The molecule has 0 aromatic rings. The highest BCUT2D eigenvalue weighted by molar-refractivity contribution is 5.92. The third kappa shape index (κ3) is 7.81. The van der Waals surface area contributed by atoms with E-state index in [1.54, 1.807) is 6.92 Å². The molecule has 0 radical (unpaired) electrons. The lowest BCUT2D eigenvalue weighted by Crippen LogP contribution is -2.57. The molecule has 9 nitrogen and oxygen atoms in total. The van der Waals surface area contributed by atoms with E-state index >= 15 is 0 Å². The van der Waals surface area contributed by atoms with Crippen molar-refractivity contribution in [2.24, 2.45) is 17.6 Å². The maximum absolute atomic E-state index is 12.5. The van der Waals surface area contributed by atoms with Crippen LogP contribution in [0.25, 0.3) is 0 Å². The van der Waals surface area contributed by atoms with Gasteiger partial charge in [-0.15, -0.1) is 0 Å². The fourth-order valence-corrected chi connectivity index (χ4v) is 2.25. The highest BCUT2D eigenvalue weighted by atomic mass is 16.4. The van der Waals surface area contributed by atoms with Crippen LogP contribution in [0, 0.1) is 11.8 Å². The zero-order chi connectivity index (χ0) is 20.4. The van der Waals surface area contributed by atoms with Crippen molar-refractivity contribution in [2.45, 2.75) is 71.5 Å². The van der Waals surface area contributed by atoms with Crippen molar-refractivity contribution in [3.63, 3.8) is 0 Å². The molecular formula is C17H31N3O6. The molecule has 150 valence electrons. The van der Waals surface area contributed by atoms with Crippen molar-refractivity contribution in [3.05, 3.63) is 0 Å². The molecule has 9 heteroatoms. The van der Waals surface area contributed by atoms with Gasteiger partial charge in [0.2, 0.25) is 11.8 Å². The molecule has 0 spiro atoms. The number of nitrogens with two attached hydrogens (primary N) is 1. The second-order valence-corrected chi connectivity index (χ2v) is 6.61. The van der Waals surface area contributed by atoms with Crippen LogP contribution >= 0.6 is 0 Å². The van der Waals surface area contributed by atoms with Crippen molar-refractivity contribution in [1.29, 1.82) is 0 Å². The lowest BCUT2D eigenvalue weighted by Gasteiger charge is -2.27. The number of hydrogen-bond acceptors (Lipinski definition) is 5. The third-order valence-electron chi connectivity index (χ3n) is 4.61. The van der Waals surface area contributed by atoms with Crippen molar-refractivity contribution in [3.8, 4) is 0 Å². The fourth-order valence-electron chi connectivity index (χ4n) is 2.25. The molecule has 5 atom stereocenters. The molecule has 0 aliphatic carbocycles. The average Bonchev–Trinajstić information content (AvgIpc) is 2.59. The summed E-state index contributed by atoms with van der Waals surface area (Å²) in [5.74, 6) is -3.95. The molecule has 2 amide bonds. The quantitative estimate of drug-likeness (QED) is 0.329. The number of carboxylic acid groups (broad SMARTS) is 2. The first kappa shape index (κ1) is 23.8. The van der Waals surface area contributed by atoms with Crippen LogP contribution in [0.3, 0.4) is 0 Å². The van der Waals surface area contributed by atoms with Gasteiger partial charge in [0.05, 0.1) is 6.04 Å². The van der Waals surface area contributed by atoms with E-state index in [4.69, 9.17) is 10.8 Å². The van der Waals surface area contributed by atoms with Crippen LogP contribution in [0.4, 0.5) is 0 Å². The van der Waals surface area contributed by atoms with E-state index in [2.05, 4.69) is 10.6 Å². The van der Waals surface area contributed by atoms with Gasteiger partial charge < -0.3 is 26.6 Å². The topological polar surface area (TPSA) is 159 Å². The summed E-state index contributed by atoms with van der Waals surface area (Å²) in [6, 6.07) is -3.07. The number of carbonyl (C=O) groups excluding carboxylic acids is 2. The molecule has 0 saturated heterocycles. The van der Waals surface area contributed by atoms with Crippen molar-refractivity contribution in [1.82, 2.24) is 10.6 Å². The maximum atomic E-state index is 12.5. The first-order valence-electron chi connectivity index (χ1n) is 8.85. The number of amides is 2. The zero-order valence-corrected chi connectivity index (χ0v) is 15.8. The summed E-state index contributed by atoms with van der Waals surface area (Å²) in [5.41, 5.74) is 5.89. The van der Waals surface area contributed by atoms with Gasteiger partial charge in [0.1, 0.15) is 12.1 Å². The third-order valence-corrected chi connectivity index (χ3v) is 4.61. The number of rotatable bonds is 12. The first-order chi connectivity index (χ1) is 12.0. The molecule has 6 N–H and O–H groups in total. The highest BCUT2D eigenvalue weighted by Crippen LogP contribution is 2.11. The molecule has 26 heavy (non-hydrogen) atoms. The number of carbonyl (C=O) groups is 4. The monoisotopic (exact) mass is 373 g/mol. The maximum Gasteiger partial charge on any atom is 0.326 e. The van der Waals surface area contributed by atoms with Gasteiger partial charge in [-0.25, -0.2) is 4.79 Å². The summed E-state index contributed by atoms with van der Waals surface area (Å²) in [4.78, 5) is 46.7. The first-order valence-corrected chi connectivity index (χ1v) is 8.85. The number of aliphatic carboxylic acids is 2. The summed E-state index contributed by atoms with van der Waals surface area (Å²) in [5, 5.41) is 22.8. The van der Waals surface area contributed by atoms with Crippen molar-refractivity contribution >= 4 is 23.8 Å². The second kappa shape index (κ2) is 11.5. The largest absolute Gasteiger partial charge is 0.481 e. The minimum absolute atomic E-state index is 0.0713. The molecule has 0 rings (SSSR count). The summed E-state index contributed by atoms with van der Waals surface area (Å²) in [6.45, 7) is 7.32. The Labute approximate surface area is 153 Å². The van der Waals surface area contributed by atoms with Crippen LogP contribution in [0.1, 0.15) is 53.4 Å². The Kier molecular flexibility index (Phi) is 10.5. The minimum Gasteiger partial charge on any atom is -0.481 e. The van der Waals surface area contributed by atoms with E-state index < -0.39 is 48.3 Å². The summed E-state index contributed by atoms with van der Waals surface area (Å²) >= 11 is 0. The van der Waals surface area contributed by atoms with Gasteiger partial charge in [0.15, 0.2) is 0 Å². The van der Waals surface area contributed by atoms with Gasteiger partial charge >= 0.3 is 11.9 Å². The van der Waals surface area contributed by atoms with Gasteiger partial charge in [0.25, 0.3) is 0 Å². The average molecular weight is 373 g/mol. The molecule has 0 aliphatic heterocycles. The van der Waals surface area contributed by atoms with Gasteiger partial charge in [-0.2, -0.15) is 0 Å². The molecule has 0 bridgehead atoms. The highest BCUT2D eigenvalue weighted by Gasteiger charge is 2.31. The molecule has 0 aromatic carbocycles. The van der Waals surface area contributed by atoms with Crippen LogP contribution in [0.5, 0.6) is 0 Å². The van der Waals surface area contributed by atoms with E-state index in [0.29, 0.717) is 12.8 Å². The van der Waals surface area contributed by atoms with E-state index in [1.807, 2.05) is 20.8 Å². The molecular weight excluding hydrogens is 342 g/mol. The predicted molar refractivity (Wildman–Crippen MR) is 95.3 cm³/mol. The predicted octanol–water partition coefficient (Wildman–Crippen LogP) is 0.325. The molecule has 0 aromatic heterocycles. The summed E-state index contributed by atoms with van der Waals surface area (Å²) in [7, 11) is 0. The van der Waals surface area contributed by atoms with Crippen LogP contribution < -0.4 is 16.4 Å². The number of nitrogens with one attached hydrogen (secondary N) is 2. The fraction of sp³-hybridized carbons (Fsp3) is 0.765. The molecule has 0 heterocycles.